The topological polar surface area (TPSA) is 114 Å². The SMILES string of the molecule is CCC12OC(=N)C(C#N)(C1C)C(C#N)(C#N)C(c1ccc(Cl)c(F)c1)O2. The summed E-state index contributed by atoms with van der Waals surface area (Å²) in [4.78, 5) is 0. The second-order valence-electron chi connectivity index (χ2n) is 6.44. The van der Waals surface area contributed by atoms with Crippen LogP contribution in [0.2, 0.25) is 5.02 Å². The van der Waals surface area contributed by atoms with Crippen molar-refractivity contribution in [3.63, 3.8) is 0 Å². The molecule has 0 spiro atoms. The fraction of sp³-hybridized carbons (Fsp3) is 0.444. The van der Waals surface area contributed by atoms with Gasteiger partial charge in [-0.1, -0.05) is 31.5 Å². The summed E-state index contributed by atoms with van der Waals surface area (Å²) in [5, 5.41) is 37.9. The van der Waals surface area contributed by atoms with Crippen LogP contribution in [0.4, 0.5) is 4.39 Å². The Balaban J connectivity index is 2.34. The fourth-order valence-corrected chi connectivity index (χ4v) is 4.14. The molecule has 2 bridgehead atoms. The summed E-state index contributed by atoms with van der Waals surface area (Å²) >= 11 is 5.73. The zero-order valence-corrected chi connectivity index (χ0v) is 14.8. The maximum absolute atomic E-state index is 14.0. The Morgan fingerprint density at radius 1 is 1.27 bits per heavy atom. The summed E-state index contributed by atoms with van der Waals surface area (Å²) in [7, 11) is 0. The van der Waals surface area contributed by atoms with Gasteiger partial charge in [0.25, 0.3) is 0 Å². The number of benzene rings is 1. The van der Waals surface area contributed by atoms with E-state index in [0.29, 0.717) is 0 Å². The molecule has 2 saturated heterocycles. The molecular formula is C18H14ClFN4O2. The quantitative estimate of drug-likeness (QED) is 0.846. The highest BCUT2D eigenvalue weighted by Gasteiger charge is 2.78. The van der Waals surface area contributed by atoms with E-state index in [1.807, 2.05) is 18.2 Å². The van der Waals surface area contributed by atoms with Gasteiger partial charge in [-0.15, -0.1) is 0 Å². The molecule has 6 nitrogen and oxygen atoms in total. The average Bonchev–Trinajstić information content (AvgIpc) is 2.80. The minimum atomic E-state index is -2.09. The van der Waals surface area contributed by atoms with E-state index in [4.69, 9.17) is 26.5 Å². The first-order chi connectivity index (χ1) is 12.3. The summed E-state index contributed by atoms with van der Waals surface area (Å²) in [6, 6.07) is 9.57. The van der Waals surface area contributed by atoms with Gasteiger partial charge < -0.3 is 9.47 Å². The molecule has 2 fully saturated rings. The Hall–Kier alpha value is -2.66. The van der Waals surface area contributed by atoms with E-state index in [0.717, 1.165) is 6.07 Å². The predicted molar refractivity (Wildman–Crippen MR) is 87.9 cm³/mol. The number of hydrogen-bond acceptors (Lipinski definition) is 6. The van der Waals surface area contributed by atoms with Gasteiger partial charge in [-0.3, -0.25) is 5.41 Å². The Labute approximate surface area is 154 Å². The highest BCUT2D eigenvalue weighted by Crippen LogP contribution is 2.67. The van der Waals surface area contributed by atoms with Crippen molar-refractivity contribution in [1.82, 2.24) is 0 Å². The molecule has 26 heavy (non-hydrogen) atoms. The van der Waals surface area contributed by atoms with Crippen LogP contribution in [0.1, 0.15) is 31.9 Å². The fourth-order valence-electron chi connectivity index (χ4n) is 4.02. The van der Waals surface area contributed by atoms with Crippen LogP contribution < -0.4 is 0 Å². The number of nitrogens with zero attached hydrogens (tertiary/aromatic N) is 3. The normalized spacial score (nSPS) is 34.3. The Morgan fingerprint density at radius 3 is 2.42 bits per heavy atom. The first-order valence-electron chi connectivity index (χ1n) is 7.93. The average molecular weight is 373 g/mol. The number of nitriles is 3. The monoisotopic (exact) mass is 372 g/mol. The zero-order chi connectivity index (χ0) is 19.3. The van der Waals surface area contributed by atoms with E-state index < -0.39 is 40.4 Å². The molecule has 1 N–H and O–H groups in total. The lowest BCUT2D eigenvalue weighted by Crippen LogP contribution is -2.58. The molecule has 0 saturated carbocycles. The molecule has 4 atom stereocenters. The highest BCUT2D eigenvalue weighted by atomic mass is 35.5. The van der Waals surface area contributed by atoms with Crippen LogP contribution in [-0.2, 0) is 9.47 Å². The zero-order valence-electron chi connectivity index (χ0n) is 14.0. The van der Waals surface area contributed by atoms with Crippen LogP contribution in [-0.4, -0.2) is 11.7 Å². The molecule has 1 aromatic carbocycles. The van der Waals surface area contributed by atoms with Crippen LogP contribution in [0.3, 0.4) is 0 Å². The maximum atomic E-state index is 14.0. The Morgan fingerprint density at radius 2 is 1.92 bits per heavy atom. The van der Waals surface area contributed by atoms with Crippen LogP contribution in [0.25, 0.3) is 0 Å². The predicted octanol–water partition coefficient (Wildman–Crippen LogP) is 3.84. The first kappa shape index (κ1) is 18.1. The molecule has 0 aromatic heterocycles. The van der Waals surface area contributed by atoms with Crippen molar-refractivity contribution in [2.45, 2.75) is 32.2 Å². The van der Waals surface area contributed by atoms with Gasteiger partial charge in [-0.05, 0) is 17.7 Å². The van der Waals surface area contributed by atoms with Gasteiger partial charge in [0.2, 0.25) is 17.1 Å². The second-order valence-corrected chi connectivity index (χ2v) is 6.85. The van der Waals surface area contributed by atoms with Crippen LogP contribution >= 0.6 is 11.6 Å². The number of halogens is 2. The molecule has 1 aromatic rings. The number of fused-ring (bicyclic) bond motifs is 2. The van der Waals surface area contributed by atoms with Crippen LogP contribution in [0, 0.1) is 62.0 Å². The van der Waals surface area contributed by atoms with E-state index in [1.54, 1.807) is 13.8 Å². The third-order valence-electron chi connectivity index (χ3n) is 5.54. The van der Waals surface area contributed by atoms with Gasteiger partial charge in [0, 0.05) is 6.42 Å². The molecular weight excluding hydrogens is 359 g/mol. The summed E-state index contributed by atoms with van der Waals surface area (Å²) in [6.07, 6.45) is -1.01. The number of ether oxygens (including phenoxy) is 2. The molecule has 0 amide bonds. The number of hydrogen-bond donors (Lipinski definition) is 1. The lowest BCUT2D eigenvalue weighted by Gasteiger charge is -2.48. The Bertz CT molecular complexity index is 917. The van der Waals surface area contributed by atoms with E-state index in [1.165, 1.54) is 12.1 Å². The minimum absolute atomic E-state index is 0.121. The molecule has 0 aliphatic carbocycles. The van der Waals surface area contributed by atoms with E-state index in [-0.39, 0.29) is 17.0 Å². The molecule has 2 aliphatic heterocycles. The lowest BCUT2D eigenvalue weighted by molar-refractivity contribution is -0.280. The molecule has 0 radical (unpaired) electrons. The van der Waals surface area contributed by atoms with Gasteiger partial charge >= 0.3 is 0 Å². The molecule has 4 unspecified atom stereocenters. The smallest absolute Gasteiger partial charge is 0.217 e. The number of nitrogens with one attached hydrogen (secondary N) is 1. The molecule has 2 aliphatic rings. The van der Waals surface area contributed by atoms with Crippen molar-refractivity contribution in [1.29, 1.82) is 21.2 Å². The summed E-state index contributed by atoms with van der Waals surface area (Å²) in [5.74, 6) is -3.32. The molecule has 3 rings (SSSR count). The van der Waals surface area contributed by atoms with Crippen molar-refractivity contribution in [3.8, 4) is 18.2 Å². The van der Waals surface area contributed by atoms with Crippen LogP contribution in [0.15, 0.2) is 18.2 Å². The van der Waals surface area contributed by atoms with Crippen molar-refractivity contribution in [2.24, 2.45) is 16.7 Å². The van der Waals surface area contributed by atoms with Crippen molar-refractivity contribution in [3.05, 3.63) is 34.6 Å². The van der Waals surface area contributed by atoms with Crippen molar-refractivity contribution in [2.75, 3.05) is 0 Å². The second kappa shape index (κ2) is 5.68. The van der Waals surface area contributed by atoms with Gasteiger partial charge in [0.15, 0.2) is 5.41 Å². The first-order valence-corrected chi connectivity index (χ1v) is 8.31. The van der Waals surface area contributed by atoms with Gasteiger partial charge in [-0.25, -0.2) is 4.39 Å². The van der Waals surface area contributed by atoms with Gasteiger partial charge in [0.1, 0.15) is 11.9 Å². The van der Waals surface area contributed by atoms with E-state index in [9.17, 15) is 20.2 Å². The van der Waals surface area contributed by atoms with Gasteiger partial charge in [0.05, 0.1) is 29.1 Å². The van der Waals surface area contributed by atoms with Crippen molar-refractivity contribution < 1.29 is 13.9 Å². The van der Waals surface area contributed by atoms with E-state index >= 15 is 0 Å². The molecule has 132 valence electrons. The summed E-state index contributed by atoms with van der Waals surface area (Å²) in [5.41, 5.74) is -3.75. The molecule has 8 heteroatoms. The Kier molecular flexibility index (Phi) is 3.96. The number of rotatable bonds is 2. The third-order valence-corrected chi connectivity index (χ3v) is 5.85. The highest BCUT2D eigenvalue weighted by molar-refractivity contribution is 6.30. The molecule has 2 heterocycles. The van der Waals surface area contributed by atoms with E-state index in [2.05, 4.69) is 0 Å². The van der Waals surface area contributed by atoms with Crippen LogP contribution in [0.5, 0.6) is 0 Å². The van der Waals surface area contributed by atoms with Crippen molar-refractivity contribution >= 4 is 17.5 Å². The minimum Gasteiger partial charge on any atom is -0.447 e. The lowest BCUT2D eigenvalue weighted by atomic mass is 9.53. The maximum Gasteiger partial charge on any atom is 0.217 e. The summed E-state index contributed by atoms with van der Waals surface area (Å²) < 4.78 is 25.7. The largest absolute Gasteiger partial charge is 0.447 e. The summed E-state index contributed by atoms with van der Waals surface area (Å²) in [6.45, 7) is 3.37. The van der Waals surface area contributed by atoms with Gasteiger partial charge in [-0.2, -0.15) is 15.8 Å². The standard InChI is InChI=1S/C18H14ClFN4O2/c1-3-18-10(2)17(9-23,15(24)26-18)16(7-21,8-22)14(25-18)11-4-5-12(19)13(20)6-11/h4-6,10,14,24H,3H2,1-2H3. The third kappa shape index (κ3) is 1.84.